The van der Waals surface area contributed by atoms with Gasteiger partial charge in [0.25, 0.3) is 0 Å². The smallest absolute Gasteiger partial charge is 0.307 e. The zero-order valence-electron chi connectivity index (χ0n) is 16.8. The SMILES string of the molecule is CCOC(=O)C[C@@H](NS(=O)(=O)c1ccc2c(c1)NC(=O)CCS2)c1ccc(C)cc1. The number of nitrogens with one attached hydrogen (secondary N) is 2. The van der Waals surface area contributed by atoms with Crippen molar-refractivity contribution in [1.82, 2.24) is 4.72 Å². The summed E-state index contributed by atoms with van der Waals surface area (Å²) in [5, 5.41) is 2.75. The Morgan fingerprint density at radius 1 is 1.23 bits per heavy atom. The second-order valence-corrected chi connectivity index (χ2v) is 9.75. The lowest BCUT2D eigenvalue weighted by molar-refractivity contribution is -0.143. The van der Waals surface area contributed by atoms with Gasteiger partial charge in [-0.15, -0.1) is 11.8 Å². The van der Waals surface area contributed by atoms with Crippen LogP contribution in [0.4, 0.5) is 5.69 Å². The van der Waals surface area contributed by atoms with Gasteiger partial charge in [-0.3, -0.25) is 9.59 Å². The van der Waals surface area contributed by atoms with E-state index in [-0.39, 0.29) is 23.8 Å². The maximum atomic E-state index is 13.1. The number of rotatable bonds is 7. The predicted octanol–water partition coefficient (Wildman–Crippen LogP) is 3.40. The molecule has 0 bridgehead atoms. The van der Waals surface area contributed by atoms with E-state index < -0.39 is 22.0 Å². The molecule has 30 heavy (non-hydrogen) atoms. The fraction of sp³-hybridized carbons (Fsp3) is 0.333. The molecule has 1 atom stereocenters. The Morgan fingerprint density at radius 3 is 2.67 bits per heavy atom. The van der Waals surface area contributed by atoms with Crippen LogP contribution in [0.5, 0.6) is 0 Å². The molecule has 0 spiro atoms. The first-order chi connectivity index (χ1) is 14.3. The van der Waals surface area contributed by atoms with Gasteiger partial charge in [0.15, 0.2) is 0 Å². The molecule has 0 saturated carbocycles. The second-order valence-electron chi connectivity index (χ2n) is 6.90. The summed E-state index contributed by atoms with van der Waals surface area (Å²) in [7, 11) is -3.96. The number of hydrogen-bond acceptors (Lipinski definition) is 6. The zero-order chi connectivity index (χ0) is 21.7. The number of benzene rings is 2. The number of carbonyl (C=O) groups excluding carboxylic acids is 2. The molecule has 2 aromatic rings. The molecule has 0 saturated heterocycles. The zero-order valence-corrected chi connectivity index (χ0v) is 18.4. The lowest BCUT2D eigenvalue weighted by Crippen LogP contribution is -2.31. The molecule has 2 N–H and O–H groups in total. The van der Waals surface area contributed by atoms with E-state index in [1.807, 2.05) is 19.1 Å². The summed E-state index contributed by atoms with van der Waals surface area (Å²) >= 11 is 1.50. The van der Waals surface area contributed by atoms with Crippen LogP contribution in [0.3, 0.4) is 0 Å². The van der Waals surface area contributed by atoms with Gasteiger partial charge in [-0.05, 0) is 37.6 Å². The monoisotopic (exact) mass is 448 g/mol. The summed E-state index contributed by atoms with van der Waals surface area (Å²) in [6, 6.07) is 11.1. The lowest BCUT2D eigenvalue weighted by atomic mass is 10.0. The van der Waals surface area contributed by atoms with Crippen molar-refractivity contribution >= 4 is 39.3 Å². The first-order valence-corrected chi connectivity index (χ1v) is 12.1. The number of amides is 1. The van der Waals surface area contributed by atoms with Crippen molar-refractivity contribution in [2.24, 2.45) is 0 Å². The first-order valence-electron chi connectivity index (χ1n) is 9.59. The average Bonchev–Trinajstić information content (AvgIpc) is 2.88. The molecule has 1 amide bonds. The minimum Gasteiger partial charge on any atom is -0.466 e. The normalized spacial score (nSPS) is 14.9. The number of ether oxygens (including phenoxy) is 1. The van der Waals surface area contributed by atoms with Crippen molar-refractivity contribution in [3.05, 3.63) is 53.6 Å². The van der Waals surface area contributed by atoms with Gasteiger partial charge < -0.3 is 10.1 Å². The molecule has 1 aliphatic rings. The van der Waals surface area contributed by atoms with Crippen molar-refractivity contribution in [2.45, 2.75) is 42.5 Å². The standard InChI is InChI=1S/C21H24N2O5S2/c1-3-28-21(25)13-17(15-6-4-14(2)5-7-15)23-30(26,27)16-8-9-19-18(12-16)22-20(24)10-11-29-19/h4-9,12,17,23H,3,10-11,13H2,1-2H3,(H,22,24)/t17-/m1/s1. The van der Waals surface area contributed by atoms with Crippen LogP contribution in [0.2, 0.25) is 0 Å². The first kappa shape index (κ1) is 22.3. The predicted molar refractivity (Wildman–Crippen MR) is 116 cm³/mol. The van der Waals surface area contributed by atoms with E-state index in [0.29, 0.717) is 23.4 Å². The van der Waals surface area contributed by atoms with Crippen molar-refractivity contribution < 1.29 is 22.7 Å². The third-order valence-corrected chi connectivity index (χ3v) is 7.12. The third-order valence-electron chi connectivity index (χ3n) is 4.58. The van der Waals surface area contributed by atoms with Crippen LogP contribution in [-0.4, -0.2) is 32.7 Å². The van der Waals surface area contributed by atoms with E-state index in [4.69, 9.17) is 4.74 Å². The van der Waals surface area contributed by atoms with Gasteiger partial charge in [-0.2, -0.15) is 0 Å². The molecular formula is C21H24N2O5S2. The van der Waals surface area contributed by atoms with Crippen molar-refractivity contribution in [3.8, 4) is 0 Å². The number of sulfonamides is 1. The van der Waals surface area contributed by atoms with Crippen LogP contribution in [0.25, 0.3) is 0 Å². The van der Waals surface area contributed by atoms with E-state index in [1.54, 1.807) is 25.1 Å². The Morgan fingerprint density at radius 2 is 1.97 bits per heavy atom. The van der Waals surface area contributed by atoms with Crippen molar-refractivity contribution in [1.29, 1.82) is 0 Å². The lowest BCUT2D eigenvalue weighted by Gasteiger charge is -2.19. The number of aryl methyl sites for hydroxylation is 1. The molecule has 0 radical (unpaired) electrons. The molecule has 1 heterocycles. The summed E-state index contributed by atoms with van der Waals surface area (Å²) in [5.74, 6) is -0.00180. The molecule has 1 aliphatic heterocycles. The largest absolute Gasteiger partial charge is 0.466 e. The third kappa shape index (κ3) is 5.62. The Bertz CT molecular complexity index is 1040. The Hall–Kier alpha value is -2.36. The van der Waals surface area contributed by atoms with E-state index in [9.17, 15) is 18.0 Å². The highest BCUT2D eigenvalue weighted by Gasteiger charge is 2.26. The number of hydrogen-bond donors (Lipinski definition) is 2. The highest BCUT2D eigenvalue weighted by atomic mass is 32.2. The Labute approximate surface area is 180 Å². The molecule has 160 valence electrons. The van der Waals surface area contributed by atoms with E-state index in [0.717, 1.165) is 10.5 Å². The van der Waals surface area contributed by atoms with E-state index in [2.05, 4.69) is 10.0 Å². The minimum absolute atomic E-state index is 0.0185. The summed E-state index contributed by atoms with van der Waals surface area (Å²) in [4.78, 5) is 24.8. The topological polar surface area (TPSA) is 102 Å². The highest BCUT2D eigenvalue weighted by Crippen LogP contribution is 2.33. The van der Waals surface area contributed by atoms with Gasteiger partial charge in [0.2, 0.25) is 15.9 Å². The summed E-state index contributed by atoms with van der Waals surface area (Å²) in [6.45, 7) is 3.84. The van der Waals surface area contributed by atoms with Crippen LogP contribution in [0, 0.1) is 6.92 Å². The van der Waals surface area contributed by atoms with Crippen molar-refractivity contribution in [2.75, 3.05) is 17.7 Å². The summed E-state index contributed by atoms with van der Waals surface area (Å²) in [6.07, 6.45) is 0.238. The van der Waals surface area contributed by atoms with Gasteiger partial charge in [0.05, 0.1) is 29.7 Å². The highest BCUT2D eigenvalue weighted by molar-refractivity contribution is 7.99. The molecule has 0 aliphatic carbocycles. The number of esters is 1. The molecule has 7 nitrogen and oxygen atoms in total. The second kappa shape index (κ2) is 9.63. The number of thioether (sulfide) groups is 1. The van der Waals surface area contributed by atoms with Gasteiger partial charge >= 0.3 is 5.97 Å². The molecule has 0 unspecified atom stereocenters. The molecule has 9 heteroatoms. The van der Waals surface area contributed by atoms with Gasteiger partial charge in [-0.1, -0.05) is 29.8 Å². The van der Waals surface area contributed by atoms with Crippen LogP contribution in [0.1, 0.15) is 36.9 Å². The quantitative estimate of drug-likeness (QED) is 0.630. The van der Waals surface area contributed by atoms with Crippen LogP contribution in [-0.2, 0) is 24.3 Å². The average molecular weight is 449 g/mol. The maximum absolute atomic E-state index is 13.1. The number of fused-ring (bicyclic) bond motifs is 1. The van der Waals surface area contributed by atoms with E-state index in [1.165, 1.54) is 23.9 Å². The van der Waals surface area contributed by atoms with Crippen molar-refractivity contribution in [3.63, 3.8) is 0 Å². The van der Waals surface area contributed by atoms with E-state index >= 15 is 0 Å². The van der Waals surface area contributed by atoms with Gasteiger partial charge in [0.1, 0.15) is 0 Å². The molecule has 3 rings (SSSR count). The summed E-state index contributed by atoms with van der Waals surface area (Å²) < 4.78 is 33.8. The Balaban J connectivity index is 1.89. The molecular weight excluding hydrogens is 424 g/mol. The Kier molecular flexibility index (Phi) is 7.17. The molecule has 0 fully saturated rings. The molecule has 2 aromatic carbocycles. The fourth-order valence-electron chi connectivity index (χ4n) is 3.03. The maximum Gasteiger partial charge on any atom is 0.307 e. The fourth-order valence-corrected chi connectivity index (χ4v) is 5.22. The number of anilines is 1. The molecule has 0 aromatic heterocycles. The number of carbonyl (C=O) groups is 2. The van der Waals surface area contributed by atoms with Crippen LogP contribution < -0.4 is 10.0 Å². The van der Waals surface area contributed by atoms with Gasteiger partial charge in [0, 0.05) is 17.1 Å². The van der Waals surface area contributed by atoms with Gasteiger partial charge in [-0.25, -0.2) is 13.1 Å². The summed E-state index contributed by atoms with van der Waals surface area (Å²) in [5.41, 5.74) is 2.16. The van der Waals surface area contributed by atoms with Crippen LogP contribution in [0.15, 0.2) is 52.3 Å². The minimum atomic E-state index is -3.96. The van der Waals surface area contributed by atoms with Crippen LogP contribution >= 0.6 is 11.8 Å².